The van der Waals surface area contributed by atoms with E-state index in [2.05, 4.69) is 10.3 Å². The first-order valence-electron chi connectivity index (χ1n) is 9.74. The van der Waals surface area contributed by atoms with Gasteiger partial charge in [-0.1, -0.05) is 50.2 Å². The van der Waals surface area contributed by atoms with Crippen molar-refractivity contribution in [1.82, 2.24) is 19.6 Å². The normalized spacial score (nSPS) is 10.8. The molecule has 3 aromatic rings. The molecule has 2 aromatic heterocycles. The maximum atomic E-state index is 13.1. The van der Waals surface area contributed by atoms with E-state index in [0.717, 1.165) is 18.4 Å². The van der Waals surface area contributed by atoms with Gasteiger partial charge in [-0.25, -0.2) is 4.98 Å². The second-order valence-electron chi connectivity index (χ2n) is 6.70. The zero-order valence-corrected chi connectivity index (χ0v) is 16.4. The minimum Gasteiger partial charge on any atom is -0.347 e. The predicted molar refractivity (Wildman–Crippen MR) is 109 cm³/mol. The van der Waals surface area contributed by atoms with E-state index in [1.54, 1.807) is 15.5 Å². The Bertz CT molecular complexity index is 944. The Labute approximate surface area is 165 Å². The van der Waals surface area contributed by atoms with Crippen LogP contribution in [0.3, 0.4) is 0 Å². The number of hydrogen-bond acceptors (Lipinski definition) is 3. The van der Waals surface area contributed by atoms with Crippen molar-refractivity contribution in [2.75, 3.05) is 13.1 Å². The summed E-state index contributed by atoms with van der Waals surface area (Å²) in [6.45, 7) is 5.84. The van der Waals surface area contributed by atoms with Gasteiger partial charge in [-0.3, -0.25) is 14.0 Å². The van der Waals surface area contributed by atoms with Gasteiger partial charge in [0.25, 0.3) is 11.8 Å². The minimum atomic E-state index is -0.288. The first kappa shape index (κ1) is 19.6. The van der Waals surface area contributed by atoms with E-state index in [1.165, 1.54) is 0 Å². The zero-order valence-electron chi connectivity index (χ0n) is 16.4. The monoisotopic (exact) mass is 378 g/mol. The summed E-state index contributed by atoms with van der Waals surface area (Å²) in [6.07, 6.45) is 3.53. The zero-order chi connectivity index (χ0) is 19.9. The van der Waals surface area contributed by atoms with Crippen LogP contribution in [0.25, 0.3) is 5.52 Å². The summed E-state index contributed by atoms with van der Waals surface area (Å²) >= 11 is 0. The summed E-state index contributed by atoms with van der Waals surface area (Å²) in [5.74, 6) is -0.154. The number of carbonyl (C=O) groups is 2. The number of nitrogens with one attached hydrogen (secondary N) is 1. The molecule has 0 unspecified atom stereocenters. The number of hydrogen-bond donors (Lipinski definition) is 1. The lowest BCUT2D eigenvalue weighted by atomic mass is 10.2. The second-order valence-corrected chi connectivity index (χ2v) is 6.70. The van der Waals surface area contributed by atoms with Crippen molar-refractivity contribution < 1.29 is 9.59 Å². The Morgan fingerprint density at radius 3 is 2.36 bits per heavy atom. The molecule has 0 fully saturated rings. The third kappa shape index (κ3) is 4.22. The van der Waals surface area contributed by atoms with Gasteiger partial charge in [-0.15, -0.1) is 0 Å². The number of benzene rings is 1. The van der Waals surface area contributed by atoms with Crippen LogP contribution in [-0.2, 0) is 6.54 Å². The molecule has 0 saturated carbocycles. The summed E-state index contributed by atoms with van der Waals surface area (Å²) in [5, 5.41) is 2.90. The SMILES string of the molecule is CCCN(CCC)C(=O)c1nc(C(=O)NCc2ccccc2)c2ccccn12. The van der Waals surface area contributed by atoms with E-state index in [-0.39, 0.29) is 23.3 Å². The average molecular weight is 378 g/mol. The molecule has 0 atom stereocenters. The van der Waals surface area contributed by atoms with Gasteiger partial charge < -0.3 is 10.2 Å². The number of carbonyl (C=O) groups excluding carboxylic acids is 2. The molecular weight excluding hydrogens is 352 g/mol. The number of pyridine rings is 1. The van der Waals surface area contributed by atoms with Gasteiger partial charge in [0, 0.05) is 25.8 Å². The van der Waals surface area contributed by atoms with E-state index in [4.69, 9.17) is 0 Å². The third-order valence-corrected chi connectivity index (χ3v) is 4.52. The number of aromatic nitrogens is 2. The first-order chi connectivity index (χ1) is 13.7. The van der Waals surface area contributed by atoms with Crippen molar-refractivity contribution in [2.45, 2.75) is 33.2 Å². The molecule has 6 nitrogen and oxygen atoms in total. The van der Waals surface area contributed by atoms with E-state index in [0.29, 0.717) is 25.2 Å². The largest absolute Gasteiger partial charge is 0.347 e. The summed E-state index contributed by atoms with van der Waals surface area (Å²) in [5.41, 5.74) is 1.91. The van der Waals surface area contributed by atoms with Crippen LogP contribution in [0.1, 0.15) is 53.4 Å². The molecule has 0 bridgehead atoms. The van der Waals surface area contributed by atoms with E-state index < -0.39 is 0 Å². The number of fused-ring (bicyclic) bond motifs is 1. The fraction of sp³-hybridized carbons (Fsp3) is 0.318. The lowest BCUT2D eigenvalue weighted by Crippen LogP contribution is -2.33. The van der Waals surface area contributed by atoms with Crippen LogP contribution in [0.15, 0.2) is 54.7 Å². The quantitative estimate of drug-likeness (QED) is 0.652. The summed E-state index contributed by atoms with van der Waals surface area (Å²) < 4.78 is 1.71. The Morgan fingerprint density at radius 1 is 1.00 bits per heavy atom. The van der Waals surface area contributed by atoms with Crippen LogP contribution in [0.2, 0.25) is 0 Å². The average Bonchev–Trinajstić information content (AvgIpc) is 3.12. The minimum absolute atomic E-state index is 0.146. The smallest absolute Gasteiger partial charge is 0.290 e. The van der Waals surface area contributed by atoms with Gasteiger partial charge in [0.2, 0.25) is 5.82 Å². The molecule has 0 aliphatic rings. The molecule has 0 spiro atoms. The molecule has 1 aromatic carbocycles. The van der Waals surface area contributed by atoms with Crippen LogP contribution in [0.4, 0.5) is 0 Å². The fourth-order valence-electron chi connectivity index (χ4n) is 3.21. The highest BCUT2D eigenvalue weighted by Gasteiger charge is 2.24. The Balaban J connectivity index is 1.89. The summed E-state index contributed by atoms with van der Waals surface area (Å²) in [7, 11) is 0. The van der Waals surface area contributed by atoms with E-state index >= 15 is 0 Å². The molecule has 3 rings (SSSR count). The first-order valence-corrected chi connectivity index (χ1v) is 9.74. The van der Waals surface area contributed by atoms with Crippen LogP contribution < -0.4 is 5.32 Å². The van der Waals surface area contributed by atoms with Crippen LogP contribution >= 0.6 is 0 Å². The summed E-state index contributed by atoms with van der Waals surface area (Å²) in [4.78, 5) is 32.1. The lowest BCUT2D eigenvalue weighted by Gasteiger charge is -2.20. The van der Waals surface area contributed by atoms with Crippen molar-refractivity contribution in [3.05, 3.63) is 71.8 Å². The van der Waals surface area contributed by atoms with Crippen LogP contribution in [-0.4, -0.2) is 39.2 Å². The van der Waals surface area contributed by atoms with E-state index in [1.807, 2.05) is 62.4 Å². The van der Waals surface area contributed by atoms with Crippen LogP contribution in [0.5, 0.6) is 0 Å². The molecule has 0 saturated heterocycles. The molecule has 1 N–H and O–H groups in total. The highest BCUT2D eigenvalue weighted by Crippen LogP contribution is 2.16. The Kier molecular flexibility index (Phi) is 6.42. The highest BCUT2D eigenvalue weighted by molar-refractivity contribution is 6.02. The Morgan fingerprint density at radius 2 is 1.68 bits per heavy atom. The van der Waals surface area contributed by atoms with Crippen molar-refractivity contribution in [1.29, 1.82) is 0 Å². The van der Waals surface area contributed by atoms with Gasteiger partial charge in [-0.2, -0.15) is 0 Å². The molecule has 0 aliphatic carbocycles. The number of nitrogens with zero attached hydrogens (tertiary/aromatic N) is 3. The standard InChI is InChI=1S/C22H26N4O2/c1-3-13-25(14-4-2)22(28)20-24-19(18-12-8-9-15-26(18)20)21(27)23-16-17-10-6-5-7-11-17/h5-12,15H,3-4,13-14,16H2,1-2H3,(H,23,27). The number of imidazole rings is 1. The molecule has 28 heavy (non-hydrogen) atoms. The molecule has 146 valence electrons. The molecular formula is C22H26N4O2. The van der Waals surface area contributed by atoms with Gasteiger partial charge in [0.1, 0.15) is 0 Å². The second kappa shape index (κ2) is 9.17. The maximum Gasteiger partial charge on any atom is 0.290 e. The van der Waals surface area contributed by atoms with Crippen molar-refractivity contribution in [3.63, 3.8) is 0 Å². The topological polar surface area (TPSA) is 66.7 Å². The van der Waals surface area contributed by atoms with Gasteiger partial charge in [0.15, 0.2) is 5.69 Å². The molecule has 0 radical (unpaired) electrons. The van der Waals surface area contributed by atoms with Crippen LogP contribution in [0, 0.1) is 0 Å². The molecule has 2 heterocycles. The van der Waals surface area contributed by atoms with Gasteiger partial charge in [-0.05, 0) is 30.5 Å². The van der Waals surface area contributed by atoms with Gasteiger partial charge in [0.05, 0.1) is 5.52 Å². The third-order valence-electron chi connectivity index (χ3n) is 4.52. The molecule has 2 amide bonds. The number of amides is 2. The molecule has 0 aliphatic heterocycles. The van der Waals surface area contributed by atoms with Crippen molar-refractivity contribution in [2.24, 2.45) is 0 Å². The lowest BCUT2D eigenvalue weighted by molar-refractivity contribution is 0.0742. The highest BCUT2D eigenvalue weighted by atomic mass is 16.2. The summed E-state index contributed by atoms with van der Waals surface area (Å²) in [6, 6.07) is 15.2. The maximum absolute atomic E-state index is 13.1. The van der Waals surface area contributed by atoms with Crippen molar-refractivity contribution in [3.8, 4) is 0 Å². The van der Waals surface area contributed by atoms with Crippen molar-refractivity contribution >= 4 is 17.3 Å². The van der Waals surface area contributed by atoms with E-state index in [9.17, 15) is 9.59 Å². The Hall–Kier alpha value is -3.15. The predicted octanol–water partition coefficient (Wildman–Crippen LogP) is 3.53. The fourth-order valence-corrected chi connectivity index (χ4v) is 3.21. The number of rotatable bonds is 8. The molecule has 6 heteroatoms. The van der Waals surface area contributed by atoms with Gasteiger partial charge >= 0.3 is 0 Å².